The molecule has 4 nitrogen and oxygen atoms in total. The molecule has 29 heavy (non-hydrogen) atoms. The molecule has 0 unspecified atom stereocenters. The van der Waals surface area contributed by atoms with Crippen LogP contribution in [0.3, 0.4) is 0 Å². The molecule has 1 fully saturated rings. The summed E-state index contributed by atoms with van der Waals surface area (Å²) in [7, 11) is 0. The highest BCUT2D eigenvalue weighted by molar-refractivity contribution is 6.30. The van der Waals surface area contributed by atoms with Gasteiger partial charge in [-0.05, 0) is 73.2 Å². The first kappa shape index (κ1) is 18.7. The Bertz CT molecular complexity index is 1080. The van der Waals surface area contributed by atoms with Crippen molar-refractivity contribution in [3.8, 4) is 0 Å². The molecule has 1 aliphatic heterocycles. The predicted octanol–water partition coefficient (Wildman–Crippen LogP) is 4.38. The van der Waals surface area contributed by atoms with Gasteiger partial charge in [-0.25, -0.2) is 0 Å². The van der Waals surface area contributed by atoms with Crippen LogP contribution in [0, 0.1) is 0 Å². The second-order valence-electron chi connectivity index (χ2n) is 8.24. The first-order chi connectivity index (χ1) is 14.2. The molecule has 2 heterocycles. The summed E-state index contributed by atoms with van der Waals surface area (Å²) < 4.78 is 0. The van der Waals surface area contributed by atoms with Crippen LogP contribution in [-0.4, -0.2) is 36.1 Å². The number of nitrogens with one attached hydrogen (secondary N) is 1. The zero-order valence-electron chi connectivity index (χ0n) is 16.6. The number of hydrogen-bond acceptors (Lipinski definition) is 3. The number of anilines is 1. The van der Waals surface area contributed by atoms with Crippen LogP contribution in [0.25, 0.3) is 10.9 Å². The van der Waals surface area contributed by atoms with Crippen molar-refractivity contribution in [2.24, 2.45) is 0 Å². The van der Waals surface area contributed by atoms with Gasteiger partial charge in [0.15, 0.2) is 0 Å². The molecule has 1 aliphatic carbocycles. The van der Waals surface area contributed by atoms with E-state index in [-0.39, 0.29) is 5.56 Å². The lowest BCUT2D eigenvalue weighted by Gasteiger charge is -2.36. The first-order valence-corrected chi connectivity index (χ1v) is 10.9. The molecule has 3 aromatic rings. The van der Waals surface area contributed by atoms with Gasteiger partial charge in [-0.2, -0.15) is 0 Å². The Morgan fingerprint density at radius 3 is 2.38 bits per heavy atom. The molecule has 2 aliphatic rings. The average molecular weight is 408 g/mol. The van der Waals surface area contributed by atoms with Gasteiger partial charge in [-0.15, -0.1) is 0 Å². The summed E-state index contributed by atoms with van der Waals surface area (Å²) in [6.45, 7) is 5.10. The van der Waals surface area contributed by atoms with Gasteiger partial charge in [0, 0.05) is 59.9 Å². The van der Waals surface area contributed by atoms with E-state index >= 15 is 0 Å². The fourth-order valence-electron chi connectivity index (χ4n) is 4.77. The van der Waals surface area contributed by atoms with Crippen molar-refractivity contribution in [2.75, 3.05) is 31.1 Å². The highest BCUT2D eigenvalue weighted by Crippen LogP contribution is 2.27. The smallest absolute Gasteiger partial charge is 0.251 e. The van der Waals surface area contributed by atoms with Crippen LogP contribution < -0.4 is 10.5 Å². The van der Waals surface area contributed by atoms with Crippen molar-refractivity contribution in [3.05, 3.63) is 74.5 Å². The minimum Gasteiger partial charge on any atom is -0.369 e. The van der Waals surface area contributed by atoms with Gasteiger partial charge in [0.05, 0.1) is 0 Å². The number of benzene rings is 2. The number of nitrogens with zero attached hydrogens (tertiary/aromatic N) is 2. The quantitative estimate of drug-likeness (QED) is 0.700. The number of aromatic nitrogens is 1. The van der Waals surface area contributed by atoms with Gasteiger partial charge in [0.1, 0.15) is 0 Å². The largest absolute Gasteiger partial charge is 0.369 e. The van der Waals surface area contributed by atoms with Crippen LogP contribution in [0.15, 0.2) is 47.3 Å². The lowest BCUT2D eigenvalue weighted by molar-refractivity contribution is 0.250. The molecule has 5 rings (SSSR count). The normalized spacial score (nSPS) is 17.5. The van der Waals surface area contributed by atoms with Gasteiger partial charge in [-0.1, -0.05) is 17.7 Å². The predicted molar refractivity (Wildman–Crippen MR) is 120 cm³/mol. The Kier molecular flexibility index (Phi) is 5.06. The van der Waals surface area contributed by atoms with Gasteiger partial charge in [0.25, 0.3) is 5.56 Å². The summed E-state index contributed by atoms with van der Waals surface area (Å²) in [5, 5.41) is 2.03. The van der Waals surface area contributed by atoms with E-state index in [1.807, 2.05) is 12.1 Å². The Morgan fingerprint density at radius 2 is 1.62 bits per heavy atom. The van der Waals surface area contributed by atoms with Crippen molar-refractivity contribution in [3.63, 3.8) is 0 Å². The second kappa shape index (κ2) is 7.85. The van der Waals surface area contributed by atoms with Crippen LogP contribution in [0.5, 0.6) is 0 Å². The van der Waals surface area contributed by atoms with E-state index < -0.39 is 0 Å². The summed E-state index contributed by atoms with van der Waals surface area (Å²) in [6.07, 6.45) is 4.25. The maximum Gasteiger partial charge on any atom is 0.251 e. The molecule has 0 bridgehead atoms. The molecule has 0 amide bonds. The molecule has 1 N–H and O–H groups in total. The Morgan fingerprint density at radius 1 is 0.897 bits per heavy atom. The fraction of sp³-hybridized carbons (Fsp3) is 0.375. The van der Waals surface area contributed by atoms with Gasteiger partial charge in [-0.3, -0.25) is 9.69 Å². The van der Waals surface area contributed by atoms with E-state index in [9.17, 15) is 4.79 Å². The number of halogens is 1. The number of H-pyrrole nitrogens is 1. The molecule has 5 heteroatoms. The van der Waals surface area contributed by atoms with Crippen LogP contribution in [0.1, 0.15) is 29.5 Å². The Labute approximate surface area is 176 Å². The minimum atomic E-state index is 0.110. The van der Waals surface area contributed by atoms with Crippen molar-refractivity contribution in [1.29, 1.82) is 0 Å². The highest BCUT2D eigenvalue weighted by Gasteiger charge is 2.19. The molecule has 1 saturated heterocycles. The summed E-state index contributed by atoms with van der Waals surface area (Å²) in [5.74, 6) is 0. The number of fused-ring (bicyclic) bond motifs is 3. The lowest BCUT2D eigenvalue weighted by atomic mass is 9.89. The van der Waals surface area contributed by atoms with Gasteiger partial charge in [0.2, 0.25) is 0 Å². The molecule has 0 saturated carbocycles. The topological polar surface area (TPSA) is 39.3 Å². The SMILES string of the molecule is O=c1[nH]c2ccc(CN3CCN(c4ccc(Cl)cc4)CC3)cc2c2c1CCCC2. The molecule has 150 valence electrons. The van der Waals surface area contributed by atoms with Crippen LogP contribution in [0.4, 0.5) is 5.69 Å². The highest BCUT2D eigenvalue weighted by atomic mass is 35.5. The summed E-state index contributed by atoms with van der Waals surface area (Å²) in [5.41, 5.74) is 5.96. The zero-order chi connectivity index (χ0) is 19.8. The second-order valence-corrected chi connectivity index (χ2v) is 8.67. The maximum absolute atomic E-state index is 12.4. The third kappa shape index (κ3) is 3.79. The summed E-state index contributed by atoms with van der Waals surface area (Å²) >= 11 is 6.01. The molecular weight excluding hydrogens is 382 g/mol. The molecule has 0 radical (unpaired) electrons. The van der Waals surface area contributed by atoms with E-state index in [0.29, 0.717) is 0 Å². The monoisotopic (exact) mass is 407 g/mol. The number of aromatic amines is 1. The number of rotatable bonds is 3. The van der Waals surface area contributed by atoms with Crippen LogP contribution >= 0.6 is 11.6 Å². The summed E-state index contributed by atoms with van der Waals surface area (Å²) in [4.78, 5) is 20.4. The van der Waals surface area contributed by atoms with Gasteiger partial charge >= 0.3 is 0 Å². The Balaban J connectivity index is 1.31. The average Bonchev–Trinajstić information content (AvgIpc) is 2.76. The third-order valence-electron chi connectivity index (χ3n) is 6.37. The van der Waals surface area contributed by atoms with Crippen LogP contribution in [-0.2, 0) is 19.4 Å². The van der Waals surface area contributed by atoms with Crippen molar-refractivity contribution >= 4 is 28.2 Å². The number of piperazine rings is 1. The standard InChI is InChI=1S/C24H26ClN3O/c25-18-6-8-19(9-7-18)28-13-11-27(12-14-28)16-17-5-10-23-22(15-17)20-3-1-2-4-21(20)24(29)26-23/h5-10,15H,1-4,11-14,16H2,(H,26,29). The van der Waals surface area contributed by atoms with Gasteiger partial charge < -0.3 is 9.88 Å². The number of aryl methyl sites for hydroxylation is 1. The van der Waals surface area contributed by atoms with E-state index in [0.717, 1.165) is 68.1 Å². The fourth-order valence-corrected chi connectivity index (χ4v) is 4.90. The lowest BCUT2D eigenvalue weighted by Crippen LogP contribution is -2.45. The van der Waals surface area contributed by atoms with Crippen LogP contribution in [0.2, 0.25) is 5.02 Å². The minimum absolute atomic E-state index is 0.110. The van der Waals surface area contributed by atoms with Crippen molar-refractivity contribution in [2.45, 2.75) is 32.2 Å². The van der Waals surface area contributed by atoms with E-state index in [2.05, 4.69) is 45.1 Å². The maximum atomic E-state index is 12.4. The number of pyridine rings is 1. The van der Waals surface area contributed by atoms with E-state index in [1.54, 1.807) is 0 Å². The number of hydrogen-bond donors (Lipinski definition) is 1. The molecular formula is C24H26ClN3O. The first-order valence-electron chi connectivity index (χ1n) is 10.6. The molecule has 0 spiro atoms. The molecule has 1 aromatic heterocycles. The molecule has 2 aromatic carbocycles. The van der Waals surface area contributed by atoms with Crippen molar-refractivity contribution < 1.29 is 0 Å². The Hall–Kier alpha value is -2.30. The van der Waals surface area contributed by atoms with Crippen molar-refractivity contribution in [1.82, 2.24) is 9.88 Å². The van der Waals surface area contributed by atoms with E-state index in [1.165, 1.54) is 28.6 Å². The summed E-state index contributed by atoms with van der Waals surface area (Å²) in [6, 6.07) is 14.7. The van der Waals surface area contributed by atoms with E-state index in [4.69, 9.17) is 11.6 Å². The third-order valence-corrected chi connectivity index (χ3v) is 6.62. The molecule has 0 atom stereocenters. The zero-order valence-corrected chi connectivity index (χ0v) is 17.3.